The van der Waals surface area contributed by atoms with E-state index in [0.29, 0.717) is 29.2 Å². The number of esters is 1. The van der Waals surface area contributed by atoms with Gasteiger partial charge in [0.05, 0.1) is 32.3 Å². The minimum Gasteiger partial charge on any atom is -0.493 e. The average Bonchev–Trinajstić information content (AvgIpc) is 3.11. The Kier molecular flexibility index (Phi) is 6.43. The van der Waals surface area contributed by atoms with Crippen molar-refractivity contribution in [2.45, 2.75) is 33.8 Å². The van der Waals surface area contributed by atoms with Crippen LogP contribution in [-0.2, 0) is 16.1 Å². The van der Waals surface area contributed by atoms with Gasteiger partial charge >= 0.3 is 11.9 Å². The lowest BCUT2D eigenvalue weighted by Crippen LogP contribution is -2.27. The van der Waals surface area contributed by atoms with Crippen molar-refractivity contribution >= 4 is 11.9 Å². The molecule has 1 unspecified atom stereocenters. The van der Waals surface area contributed by atoms with Gasteiger partial charge in [0.15, 0.2) is 11.5 Å². The molecule has 1 aliphatic rings. The molecule has 0 spiro atoms. The molecule has 7 nitrogen and oxygen atoms in total. The van der Waals surface area contributed by atoms with Gasteiger partial charge in [0.25, 0.3) is 0 Å². The van der Waals surface area contributed by atoms with Gasteiger partial charge in [-0.15, -0.1) is 0 Å². The molecule has 31 heavy (non-hydrogen) atoms. The third-order valence-corrected chi connectivity index (χ3v) is 5.38. The van der Waals surface area contributed by atoms with Crippen LogP contribution in [0.25, 0.3) is 11.1 Å². The van der Waals surface area contributed by atoms with Gasteiger partial charge in [-0.1, -0.05) is 26.8 Å². The Morgan fingerprint density at radius 3 is 2.48 bits per heavy atom. The molecule has 0 bridgehead atoms. The lowest BCUT2D eigenvalue weighted by molar-refractivity contribution is -0.142. The van der Waals surface area contributed by atoms with Crippen molar-refractivity contribution < 1.29 is 33.6 Å². The van der Waals surface area contributed by atoms with Gasteiger partial charge in [-0.05, 0) is 41.7 Å². The highest BCUT2D eigenvalue weighted by Crippen LogP contribution is 2.45. The Hall–Kier alpha value is -3.22. The molecule has 0 amide bonds. The normalized spacial score (nSPS) is 13.9. The third kappa shape index (κ3) is 4.76. The summed E-state index contributed by atoms with van der Waals surface area (Å²) in [5.41, 5.74) is 2.63. The van der Waals surface area contributed by atoms with Crippen molar-refractivity contribution in [3.63, 3.8) is 0 Å². The summed E-state index contributed by atoms with van der Waals surface area (Å²) in [6.07, 6.45) is 0.461. The number of fused-ring (bicyclic) bond motifs is 1. The summed E-state index contributed by atoms with van der Waals surface area (Å²) in [5, 5.41) is 9.26. The smallest absolute Gasteiger partial charge is 0.338 e. The lowest BCUT2D eigenvalue weighted by atomic mass is 9.84. The summed E-state index contributed by atoms with van der Waals surface area (Å²) in [7, 11) is 3.10. The number of carbonyl (C=O) groups excluding carboxylic acids is 1. The van der Waals surface area contributed by atoms with E-state index in [2.05, 4.69) is 0 Å². The molecular formula is C24H28O7. The lowest BCUT2D eigenvalue weighted by Gasteiger charge is -2.28. The Labute approximate surface area is 181 Å². The van der Waals surface area contributed by atoms with Crippen LogP contribution in [0.15, 0.2) is 30.3 Å². The summed E-state index contributed by atoms with van der Waals surface area (Å²) < 4.78 is 22.4. The van der Waals surface area contributed by atoms with Gasteiger partial charge < -0.3 is 24.1 Å². The molecule has 1 aliphatic heterocycles. The van der Waals surface area contributed by atoms with Gasteiger partial charge in [-0.2, -0.15) is 0 Å². The van der Waals surface area contributed by atoms with Crippen LogP contribution in [-0.4, -0.2) is 37.9 Å². The zero-order valence-corrected chi connectivity index (χ0v) is 18.5. The van der Waals surface area contributed by atoms with E-state index in [1.807, 2.05) is 32.0 Å². The molecule has 1 heterocycles. The molecule has 7 heteroatoms. The van der Waals surface area contributed by atoms with Crippen molar-refractivity contribution in [1.29, 1.82) is 0 Å². The quantitative estimate of drug-likeness (QED) is 0.586. The second kappa shape index (κ2) is 8.88. The SMILES string of the molecule is COc1ccc(-c2ccc3c(c2)COC3=O)c(OCC(C)(C)CC(C)C(=O)O)c1OC. The number of carboxylic acid groups (broad SMARTS) is 1. The van der Waals surface area contributed by atoms with Crippen LogP contribution in [0, 0.1) is 11.3 Å². The van der Waals surface area contributed by atoms with Crippen molar-refractivity contribution in [2.24, 2.45) is 11.3 Å². The number of methoxy groups -OCH3 is 2. The van der Waals surface area contributed by atoms with Crippen molar-refractivity contribution in [3.8, 4) is 28.4 Å². The molecule has 3 rings (SSSR count). The van der Waals surface area contributed by atoms with Crippen LogP contribution in [0.3, 0.4) is 0 Å². The van der Waals surface area contributed by atoms with Crippen LogP contribution in [0.4, 0.5) is 0 Å². The Bertz CT molecular complexity index is 994. The van der Waals surface area contributed by atoms with E-state index in [-0.39, 0.29) is 24.6 Å². The summed E-state index contributed by atoms with van der Waals surface area (Å²) in [6, 6.07) is 9.18. The largest absolute Gasteiger partial charge is 0.493 e. The topological polar surface area (TPSA) is 91.3 Å². The van der Waals surface area contributed by atoms with Gasteiger partial charge in [-0.25, -0.2) is 4.79 Å². The number of carboxylic acids is 1. The maximum Gasteiger partial charge on any atom is 0.338 e. The van der Waals surface area contributed by atoms with Crippen LogP contribution in [0.5, 0.6) is 17.2 Å². The van der Waals surface area contributed by atoms with Crippen LogP contribution in [0.2, 0.25) is 0 Å². The van der Waals surface area contributed by atoms with Crippen LogP contribution in [0.1, 0.15) is 43.1 Å². The number of benzene rings is 2. The molecule has 2 aromatic rings. The highest BCUT2D eigenvalue weighted by atomic mass is 16.5. The first-order chi connectivity index (χ1) is 14.7. The van der Waals surface area contributed by atoms with E-state index in [1.54, 1.807) is 33.3 Å². The van der Waals surface area contributed by atoms with E-state index in [4.69, 9.17) is 18.9 Å². The molecule has 1 N–H and O–H groups in total. The van der Waals surface area contributed by atoms with Crippen LogP contribution < -0.4 is 14.2 Å². The molecule has 166 valence electrons. The Morgan fingerprint density at radius 1 is 1.13 bits per heavy atom. The fourth-order valence-electron chi connectivity index (χ4n) is 3.81. The first-order valence-electron chi connectivity index (χ1n) is 10.1. The molecule has 0 saturated heterocycles. The average molecular weight is 428 g/mol. The van der Waals surface area contributed by atoms with E-state index in [9.17, 15) is 14.7 Å². The summed E-state index contributed by atoms with van der Waals surface area (Å²) >= 11 is 0. The number of rotatable bonds is 9. The first-order valence-corrected chi connectivity index (χ1v) is 10.1. The first kappa shape index (κ1) is 22.5. The molecule has 0 aromatic heterocycles. The predicted molar refractivity (Wildman–Crippen MR) is 115 cm³/mol. The van der Waals surface area contributed by atoms with Crippen molar-refractivity contribution in [2.75, 3.05) is 20.8 Å². The second-order valence-corrected chi connectivity index (χ2v) is 8.52. The highest BCUT2D eigenvalue weighted by molar-refractivity contribution is 5.94. The molecule has 0 fully saturated rings. The highest BCUT2D eigenvalue weighted by Gasteiger charge is 2.28. The standard InChI is InChI=1S/C24H28O7/c1-14(22(25)26)11-24(2,3)13-31-20-17(8-9-19(28-4)21(20)29-5)15-6-7-18-16(10-15)12-30-23(18)27/h6-10,14H,11-13H2,1-5H3,(H,25,26). The monoisotopic (exact) mass is 428 g/mol. The Morgan fingerprint density at radius 2 is 1.84 bits per heavy atom. The summed E-state index contributed by atoms with van der Waals surface area (Å²) in [6.45, 7) is 6.16. The molecule has 1 atom stereocenters. The molecule has 0 saturated carbocycles. The van der Waals surface area contributed by atoms with E-state index < -0.39 is 11.9 Å². The zero-order chi connectivity index (χ0) is 22.8. The molecular weight excluding hydrogens is 400 g/mol. The number of cyclic esters (lactones) is 1. The van der Waals surface area contributed by atoms with Crippen molar-refractivity contribution in [3.05, 3.63) is 41.5 Å². The fraction of sp³-hybridized carbons (Fsp3) is 0.417. The molecule has 0 radical (unpaired) electrons. The third-order valence-electron chi connectivity index (χ3n) is 5.38. The summed E-state index contributed by atoms with van der Waals surface area (Å²) in [4.78, 5) is 23.1. The minimum absolute atomic E-state index is 0.242. The number of ether oxygens (including phenoxy) is 4. The number of aliphatic carboxylic acids is 1. The maximum atomic E-state index is 11.8. The number of carbonyl (C=O) groups is 2. The molecule has 0 aliphatic carbocycles. The maximum absolute atomic E-state index is 11.8. The fourth-order valence-corrected chi connectivity index (χ4v) is 3.81. The number of hydrogen-bond donors (Lipinski definition) is 1. The van der Waals surface area contributed by atoms with Gasteiger partial charge in [0.1, 0.15) is 6.61 Å². The minimum atomic E-state index is -0.831. The second-order valence-electron chi connectivity index (χ2n) is 8.52. The van der Waals surface area contributed by atoms with E-state index in [0.717, 1.165) is 16.7 Å². The predicted octanol–water partition coefficient (Wildman–Crippen LogP) is 4.56. The molecule has 2 aromatic carbocycles. The zero-order valence-electron chi connectivity index (χ0n) is 18.5. The van der Waals surface area contributed by atoms with Crippen LogP contribution >= 0.6 is 0 Å². The Balaban J connectivity index is 1.98. The van der Waals surface area contributed by atoms with Gasteiger partial charge in [0, 0.05) is 11.1 Å². The number of hydrogen-bond acceptors (Lipinski definition) is 6. The van der Waals surface area contributed by atoms with Gasteiger partial charge in [-0.3, -0.25) is 4.79 Å². The van der Waals surface area contributed by atoms with E-state index in [1.165, 1.54) is 0 Å². The van der Waals surface area contributed by atoms with Crippen molar-refractivity contribution in [1.82, 2.24) is 0 Å². The van der Waals surface area contributed by atoms with E-state index >= 15 is 0 Å². The summed E-state index contributed by atoms with van der Waals surface area (Å²) in [5.74, 6) is -0.155. The van der Waals surface area contributed by atoms with Gasteiger partial charge in [0.2, 0.25) is 5.75 Å².